The molecule has 3 atom stereocenters. The first kappa shape index (κ1) is 30.7. The fourth-order valence-electron chi connectivity index (χ4n) is 7.10. The molecule has 0 spiro atoms. The molecule has 230 valence electrons. The molecule has 5 rings (SSSR count). The molecule has 0 saturated heterocycles. The van der Waals surface area contributed by atoms with Crippen molar-refractivity contribution in [3.63, 3.8) is 0 Å². The van der Waals surface area contributed by atoms with Gasteiger partial charge in [0.2, 0.25) is 0 Å². The number of aliphatic carboxylic acids is 1. The molecule has 2 aromatic carbocycles. The SMILES string of the molecule is CC1(C)[C@H]2CCC1(CS(=O)(=O)C[C@@H](Cc1ccc(-c3cccc(N/C(=C/[N+](=O)[O-])NC4CCC4)c3)cc1)C(=O)O)C(=O)C2. The van der Waals surface area contributed by atoms with Gasteiger partial charge in [0.15, 0.2) is 15.7 Å². The summed E-state index contributed by atoms with van der Waals surface area (Å²) in [7, 11) is -3.82. The zero-order valence-electron chi connectivity index (χ0n) is 24.5. The number of hydrogen-bond donors (Lipinski definition) is 3. The van der Waals surface area contributed by atoms with Gasteiger partial charge in [0.1, 0.15) is 5.78 Å². The van der Waals surface area contributed by atoms with E-state index in [4.69, 9.17) is 0 Å². The summed E-state index contributed by atoms with van der Waals surface area (Å²) in [5, 5.41) is 27.3. The Kier molecular flexibility index (Phi) is 8.39. The van der Waals surface area contributed by atoms with Crippen LogP contribution in [0, 0.1) is 32.8 Å². The monoisotopic (exact) mass is 609 g/mol. The smallest absolute Gasteiger partial charge is 0.307 e. The summed E-state index contributed by atoms with van der Waals surface area (Å²) in [4.78, 5) is 35.6. The van der Waals surface area contributed by atoms with E-state index in [1.54, 1.807) is 12.1 Å². The van der Waals surface area contributed by atoms with E-state index in [9.17, 15) is 33.2 Å². The summed E-state index contributed by atoms with van der Waals surface area (Å²) >= 11 is 0. The van der Waals surface area contributed by atoms with Gasteiger partial charge in [0, 0.05) is 23.6 Å². The van der Waals surface area contributed by atoms with Gasteiger partial charge in [-0.15, -0.1) is 0 Å². The Balaban J connectivity index is 1.26. The van der Waals surface area contributed by atoms with Gasteiger partial charge in [0.05, 0.1) is 22.3 Å². The van der Waals surface area contributed by atoms with Crippen LogP contribution in [0.1, 0.15) is 57.9 Å². The lowest BCUT2D eigenvalue weighted by molar-refractivity contribution is -0.403. The van der Waals surface area contributed by atoms with Crippen molar-refractivity contribution in [3.05, 3.63) is 76.2 Å². The fraction of sp³-hybridized carbons (Fsp3) is 0.500. The minimum absolute atomic E-state index is 0.00119. The van der Waals surface area contributed by atoms with Gasteiger partial charge in [-0.25, -0.2) is 8.42 Å². The van der Waals surface area contributed by atoms with Crippen molar-refractivity contribution in [1.29, 1.82) is 0 Å². The third-order valence-electron chi connectivity index (χ3n) is 10.0. The second-order valence-electron chi connectivity index (χ2n) is 13.0. The highest BCUT2D eigenvalue weighted by Crippen LogP contribution is 2.64. The number of sulfone groups is 1. The van der Waals surface area contributed by atoms with Crippen LogP contribution in [0.2, 0.25) is 0 Å². The van der Waals surface area contributed by atoms with Gasteiger partial charge in [-0.2, -0.15) is 0 Å². The highest BCUT2D eigenvalue weighted by Gasteiger charge is 2.65. The van der Waals surface area contributed by atoms with Gasteiger partial charge < -0.3 is 15.7 Å². The number of ketones is 1. The van der Waals surface area contributed by atoms with E-state index in [-0.39, 0.29) is 29.9 Å². The highest BCUT2D eigenvalue weighted by molar-refractivity contribution is 7.91. The molecular formula is C32H39N3O7S. The number of benzene rings is 2. The maximum atomic E-state index is 13.3. The lowest BCUT2D eigenvalue weighted by atomic mass is 9.70. The first-order valence-corrected chi connectivity index (χ1v) is 16.6. The zero-order chi connectivity index (χ0) is 31.0. The van der Waals surface area contributed by atoms with E-state index in [1.807, 2.05) is 50.2 Å². The van der Waals surface area contributed by atoms with E-state index >= 15 is 0 Å². The number of rotatable bonds is 13. The maximum Gasteiger partial charge on any atom is 0.307 e. The molecule has 0 heterocycles. The molecule has 10 nitrogen and oxygen atoms in total. The van der Waals surface area contributed by atoms with Crippen molar-refractivity contribution in [2.24, 2.45) is 22.7 Å². The molecule has 11 heteroatoms. The standard InChI is InChI=1S/C32H39N3O7S/c1-31(2)25-13-14-32(31,28(36)17-25)20-43(41,42)19-24(30(37)38)15-21-9-11-22(12-10-21)23-5-3-8-27(16-23)34-29(18-35(39)40)33-26-6-4-7-26/h3,5,8-12,16,18,24-26,33-34H,4,6-7,13-15,17,19-20H2,1-2H3,(H,37,38)/b29-18+/t24-,25+,32?/m1/s1. The predicted octanol–water partition coefficient (Wildman–Crippen LogP) is 5.04. The molecule has 0 aromatic heterocycles. The lowest BCUT2D eigenvalue weighted by Crippen LogP contribution is -2.43. The number of carbonyl (C=O) groups is 2. The Bertz CT molecular complexity index is 1550. The topological polar surface area (TPSA) is 156 Å². The molecule has 3 fully saturated rings. The Morgan fingerprint density at radius 2 is 1.86 bits per heavy atom. The van der Waals surface area contributed by atoms with Crippen LogP contribution in [0.4, 0.5) is 5.69 Å². The van der Waals surface area contributed by atoms with E-state index in [2.05, 4.69) is 10.6 Å². The Hall–Kier alpha value is -3.73. The molecule has 43 heavy (non-hydrogen) atoms. The summed E-state index contributed by atoms with van der Waals surface area (Å²) in [6, 6.07) is 14.9. The Morgan fingerprint density at radius 3 is 2.42 bits per heavy atom. The molecule has 3 aliphatic carbocycles. The first-order valence-electron chi connectivity index (χ1n) is 14.8. The third kappa shape index (κ3) is 6.46. The number of carbonyl (C=O) groups excluding carboxylic acids is 1. The van der Waals surface area contributed by atoms with Crippen molar-refractivity contribution < 1.29 is 28.0 Å². The summed E-state index contributed by atoms with van der Waals surface area (Å²) in [6.45, 7) is 3.95. The highest BCUT2D eigenvalue weighted by atomic mass is 32.2. The Morgan fingerprint density at radius 1 is 1.14 bits per heavy atom. The summed E-state index contributed by atoms with van der Waals surface area (Å²) in [5.74, 6) is -2.61. The van der Waals surface area contributed by atoms with Crippen LogP contribution in [0.3, 0.4) is 0 Å². The van der Waals surface area contributed by atoms with E-state index in [0.717, 1.165) is 43.0 Å². The largest absolute Gasteiger partial charge is 0.481 e. The molecule has 2 aromatic rings. The van der Waals surface area contributed by atoms with Crippen LogP contribution in [0.25, 0.3) is 11.1 Å². The normalized spacial score (nSPS) is 23.9. The second-order valence-corrected chi connectivity index (χ2v) is 15.1. The van der Waals surface area contributed by atoms with Crippen LogP contribution in [-0.4, -0.2) is 47.7 Å². The maximum absolute atomic E-state index is 13.3. The number of carboxylic acid groups (broad SMARTS) is 1. The summed E-state index contributed by atoms with van der Waals surface area (Å²) in [5.41, 5.74) is 1.76. The average Bonchev–Trinajstić information content (AvgIpc) is 3.24. The first-order chi connectivity index (χ1) is 20.3. The van der Waals surface area contributed by atoms with Crippen LogP contribution < -0.4 is 10.6 Å². The number of Topliss-reactive ketones (excluding diaryl/α,β-unsaturated/α-hetero) is 1. The van der Waals surface area contributed by atoms with Crippen molar-refractivity contribution in [3.8, 4) is 11.1 Å². The van der Waals surface area contributed by atoms with Gasteiger partial charge >= 0.3 is 5.97 Å². The van der Waals surface area contributed by atoms with Crippen LogP contribution in [0.5, 0.6) is 0 Å². The summed E-state index contributed by atoms with van der Waals surface area (Å²) in [6.07, 6.45) is 5.79. The second kappa shape index (κ2) is 11.7. The number of nitrogens with one attached hydrogen (secondary N) is 2. The number of carboxylic acids is 1. The number of hydrogen-bond acceptors (Lipinski definition) is 8. The fourth-order valence-corrected chi connectivity index (χ4v) is 9.52. The molecule has 0 radical (unpaired) electrons. The van der Waals surface area contributed by atoms with Gasteiger partial charge in [-0.3, -0.25) is 19.7 Å². The lowest BCUT2D eigenvalue weighted by Gasteiger charge is -2.36. The van der Waals surface area contributed by atoms with Gasteiger partial charge in [-0.1, -0.05) is 50.2 Å². The quantitative estimate of drug-likeness (QED) is 0.209. The third-order valence-corrected chi connectivity index (χ3v) is 11.9. The average molecular weight is 610 g/mol. The molecule has 0 amide bonds. The molecule has 3 aliphatic rings. The van der Waals surface area contributed by atoms with Crippen molar-refractivity contribution in [2.75, 3.05) is 16.8 Å². The minimum atomic E-state index is -3.82. The van der Waals surface area contributed by atoms with Crippen LogP contribution >= 0.6 is 0 Å². The molecule has 3 saturated carbocycles. The van der Waals surface area contributed by atoms with Crippen molar-refractivity contribution in [1.82, 2.24) is 5.32 Å². The number of fused-ring (bicyclic) bond motifs is 2. The molecule has 2 bridgehead atoms. The number of nitrogens with zero attached hydrogens (tertiary/aromatic N) is 1. The van der Waals surface area contributed by atoms with E-state index in [0.29, 0.717) is 29.9 Å². The number of anilines is 1. The Labute approximate surface area is 252 Å². The van der Waals surface area contributed by atoms with Gasteiger partial charge in [-0.05, 0) is 78.7 Å². The van der Waals surface area contributed by atoms with Crippen molar-refractivity contribution >= 4 is 27.3 Å². The predicted molar refractivity (Wildman–Crippen MR) is 163 cm³/mol. The van der Waals surface area contributed by atoms with Crippen LogP contribution in [-0.2, 0) is 25.8 Å². The number of nitro groups is 1. The van der Waals surface area contributed by atoms with Gasteiger partial charge in [0.25, 0.3) is 6.20 Å². The van der Waals surface area contributed by atoms with E-state index in [1.165, 1.54) is 0 Å². The molecule has 3 N–H and O–H groups in total. The van der Waals surface area contributed by atoms with E-state index < -0.39 is 43.2 Å². The molecular weight excluding hydrogens is 570 g/mol. The minimum Gasteiger partial charge on any atom is -0.481 e. The van der Waals surface area contributed by atoms with Crippen LogP contribution in [0.15, 0.2) is 60.6 Å². The summed E-state index contributed by atoms with van der Waals surface area (Å²) < 4.78 is 26.7. The molecule has 0 aliphatic heterocycles. The molecule has 1 unspecified atom stereocenters. The van der Waals surface area contributed by atoms with Crippen molar-refractivity contribution in [2.45, 2.75) is 64.8 Å². The zero-order valence-corrected chi connectivity index (χ0v) is 25.4.